The molecular weight excluding hydrogens is 242 g/mol. The minimum atomic E-state index is 0.440. The number of aryl methyl sites for hydroxylation is 1. The van der Waals surface area contributed by atoms with Crippen LogP contribution in [0.5, 0.6) is 0 Å². The van der Waals surface area contributed by atoms with Crippen molar-refractivity contribution in [3.8, 4) is 0 Å². The van der Waals surface area contributed by atoms with Crippen LogP contribution in [0.3, 0.4) is 0 Å². The second-order valence-corrected chi connectivity index (χ2v) is 7.36. The zero-order valence-corrected chi connectivity index (χ0v) is 14.1. The highest BCUT2D eigenvalue weighted by Gasteiger charge is 2.15. The summed E-state index contributed by atoms with van der Waals surface area (Å²) in [4.78, 5) is 0. The molecule has 0 saturated heterocycles. The highest BCUT2D eigenvalue weighted by Crippen LogP contribution is 2.25. The number of hydrogen-bond donors (Lipinski definition) is 1. The second-order valence-electron chi connectivity index (χ2n) is 7.36. The Morgan fingerprint density at radius 3 is 2.55 bits per heavy atom. The molecule has 20 heavy (non-hydrogen) atoms. The molecule has 0 spiro atoms. The van der Waals surface area contributed by atoms with Crippen molar-refractivity contribution in [1.29, 1.82) is 0 Å². The van der Waals surface area contributed by atoms with Crippen LogP contribution in [0.1, 0.15) is 58.1 Å². The summed E-state index contributed by atoms with van der Waals surface area (Å²) in [6.07, 6.45) is 5.04. The van der Waals surface area contributed by atoms with Crippen LogP contribution in [0.15, 0.2) is 24.3 Å². The lowest BCUT2D eigenvalue weighted by molar-refractivity contribution is 0.314. The number of benzene rings is 1. The smallest absolute Gasteiger partial charge is 0.00173 e. The molecule has 0 aliphatic heterocycles. The zero-order valence-electron chi connectivity index (χ0n) is 14.1. The van der Waals surface area contributed by atoms with Crippen LogP contribution < -0.4 is 5.32 Å². The Hall–Kier alpha value is -0.820. The maximum atomic E-state index is 3.61. The SMILES string of the molecule is CCCNCC(CCC(C)(C)C)Cc1cccc(C)c1. The van der Waals surface area contributed by atoms with E-state index in [2.05, 4.69) is 64.2 Å². The Kier molecular flexibility index (Phi) is 7.29. The average Bonchev–Trinajstić information content (AvgIpc) is 2.35. The lowest BCUT2D eigenvalue weighted by Gasteiger charge is -2.24. The van der Waals surface area contributed by atoms with Gasteiger partial charge in [0.05, 0.1) is 0 Å². The summed E-state index contributed by atoms with van der Waals surface area (Å²) in [5, 5.41) is 3.61. The van der Waals surface area contributed by atoms with Crippen LogP contribution in [0.25, 0.3) is 0 Å². The second kappa shape index (κ2) is 8.46. The summed E-state index contributed by atoms with van der Waals surface area (Å²) in [5.41, 5.74) is 3.30. The summed E-state index contributed by atoms with van der Waals surface area (Å²) < 4.78 is 0. The summed E-state index contributed by atoms with van der Waals surface area (Å²) in [6.45, 7) is 13.7. The van der Waals surface area contributed by atoms with Crippen molar-refractivity contribution < 1.29 is 0 Å². The lowest BCUT2D eigenvalue weighted by Crippen LogP contribution is -2.26. The van der Waals surface area contributed by atoms with E-state index in [1.165, 1.54) is 36.8 Å². The number of rotatable bonds is 8. The van der Waals surface area contributed by atoms with Gasteiger partial charge in [-0.15, -0.1) is 0 Å². The van der Waals surface area contributed by atoms with Gasteiger partial charge in [0.15, 0.2) is 0 Å². The Bertz CT molecular complexity index is 376. The Morgan fingerprint density at radius 2 is 1.95 bits per heavy atom. The summed E-state index contributed by atoms with van der Waals surface area (Å²) in [5.74, 6) is 0.752. The monoisotopic (exact) mass is 275 g/mol. The number of nitrogens with one attached hydrogen (secondary N) is 1. The van der Waals surface area contributed by atoms with Crippen molar-refractivity contribution in [2.45, 2.75) is 60.3 Å². The largest absolute Gasteiger partial charge is 0.316 e. The van der Waals surface area contributed by atoms with E-state index in [0.717, 1.165) is 19.0 Å². The van der Waals surface area contributed by atoms with Crippen molar-refractivity contribution in [3.05, 3.63) is 35.4 Å². The molecule has 1 aromatic rings. The molecule has 0 amide bonds. The molecule has 1 nitrogen and oxygen atoms in total. The third kappa shape index (κ3) is 7.69. The molecule has 1 unspecified atom stereocenters. The van der Waals surface area contributed by atoms with Crippen LogP contribution in [0.4, 0.5) is 0 Å². The average molecular weight is 275 g/mol. The molecule has 1 atom stereocenters. The summed E-state index contributed by atoms with van der Waals surface area (Å²) in [6, 6.07) is 8.98. The molecule has 1 heteroatoms. The van der Waals surface area contributed by atoms with Gasteiger partial charge in [-0.2, -0.15) is 0 Å². The molecule has 0 radical (unpaired) electrons. The van der Waals surface area contributed by atoms with E-state index in [1.807, 2.05) is 0 Å². The first-order valence-electron chi connectivity index (χ1n) is 8.17. The fourth-order valence-electron chi connectivity index (χ4n) is 2.57. The molecule has 0 fully saturated rings. The third-order valence-electron chi connectivity index (χ3n) is 3.77. The van der Waals surface area contributed by atoms with E-state index >= 15 is 0 Å². The minimum absolute atomic E-state index is 0.440. The van der Waals surface area contributed by atoms with Gasteiger partial charge in [-0.1, -0.05) is 57.5 Å². The molecule has 0 bridgehead atoms. The minimum Gasteiger partial charge on any atom is -0.316 e. The first-order valence-corrected chi connectivity index (χ1v) is 8.17. The maximum absolute atomic E-state index is 3.61. The van der Waals surface area contributed by atoms with Gasteiger partial charge in [0.25, 0.3) is 0 Å². The van der Waals surface area contributed by atoms with Gasteiger partial charge in [0.2, 0.25) is 0 Å². The molecule has 0 saturated carbocycles. The van der Waals surface area contributed by atoms with Crippen molar-refractivity contribution in [3.63, 3.8) is 0 Å². The fraction of sp³-hybridized carbons (Fsp3) is 0.684. The van der Waals surface area contributed by atoms with Crippen LogP contribution >= 0.6 is 0 Å². The van der Waals surface area contributed by atoms with Gasteiger partial charge in [-0.3, -0.25) is 0 Å². The quantitative estimate of drug-likeness (QED) is 0.660. The molecule has 0 aliphatic carbocycles. The first-order chi connectivity index (χ1) is 9.40. The molecule has 0 aliphatic rings. The summed E-state index contributed by atoms with van der Waals surface area (Å²) in [7, 11) is 0. The molecule has 0 heterocycles. The molecular formula is C19H33N. The zero-order chi connectivity index (χ0) is 15.0. The van der Waals surface area contributed by atoms with E-state index in [0.29, 0.717) is 5.41 Å². The van der Waals surface area contributed by atoms with Gasteiger partial charge in [-0.05, 0) is 62.6 Å². The highest BCUT2D eigenvalue weighted by molar-refractivity contribution is 5.22. The lowest BCUT2D eigenvalue weighted by atomic mass is 9.84. The molecule has 1 rings (SSSR count). The van der Waals surface area contributed by atoms with E-state index in [-0.39, 0.29) is 0 Å². The predicted octanol–water partition coefficient (Wildman–Crippen LogP) is 4.98. The van der Waals surface area contributed by atoms with E-state index in [4.69, 9.17) is 0 Å². The Labute approximate surface area is 126 Å². The van der Waals surface area contributed by atoms with Gasteiger partial charge >= 0.3 is 0 Å². The molecule has 0 aromatic heterocycles. The van der Waals surface area contributed by atoms with Crippen molar-refractivity contribution in [2.24, 2.45) is 11.3 Å². The van der Waals surface area contributed by atoms with Gasteiger partial charge < -0.3 is 5.32 Å². The fourth-order valence-corrected chi connectivity index (χ4v) is 2.57. The van der Waals surface area contributed by atoms with Crippen LogP contribution in [-0.2, 0) is 6.42 Å². The van der Waals surface area contributed by atoms with Gasteiger partial charge in [-0.25, -0.2) is 0 Å². The standard InChI is InChI=1S/C19H33N/c1-6-12-20-15-18(10-11-19(3,4)5)14-17-9-7-8-16(2)13-17/h7-9,13,18,20H,6,10-12,14-15H2,1-5H3. The predicted molar refractivity (Wildman–Crippen MR) is 90.2 cm³/mol. The van der Waals surface area contributed by atoms with Crippen molar-refractivity contribution in [1.82, 2.24) is 5.32 Å². The number of hydrogen-bond acceptors (Lipinski definition) is 1. The van der Waals surface area contributed by atoms with Crippen molar-refractivity contribution >= 4 is 0 Å². The Morgan fingerprint density at radius 1 is 1.20 bits per heavy atom. The third-order valence-corrected chi connectivity index (χ3v) is 3.77. The normalized spacial score (nSPS) is 13.4. The maximum Gasteiger partial charge on any atom is -0.00173 e. The van der Waals surface area contributed by atoms with Crippen LogP contribution in [0, 0.1) is 18.3 Å². The molecule has 1 N–H and O–H groups in total. The summed E-state index contributed by atoms with van der Waals surface area (Å²) >= 11 is 0. The van der Waals surface area contributed by atoms with Gasteiger partial charge in [0, 0.05) is 0 Å². The highest BCUT2D eigenvalue weighted by atomic mass is 14.8. The van der Waals surface area contributed by atoms with Crippen LogP contribution in [0.2, 0.25) is 0 Å². The topological polar surface area (TPSA) is 12.0 Å². The molecule has 114 valence electrons. The molecule has 1 aromatic carbocycles. The Balaban J connectivity index is 2.56. The van der Waals surface area contributed by atoms with E-state index in [9.17, 15) is 0 Å². The van der Waals surface area contributed by atoms with E-state index < -0.39 is 0 Å². The first kappa shape index (κ1) is 17.2. The van der Waals surface area contributed by atoms with Crippen LogP contribution in [-0.4, -0.2) is 13.1 Å². The van der Waals surface area contributed by atoms with Gasteiger partial charge in [0.1, 0.15) is 0 Å². The van der Waals surface area contributed by atoms with Crippen molar-refractivity contribution in [2.75, 3.05) is 13.1 Å². The van der Waals surface area contributed by atoms with E-state index in [1.54, 1.807) is 0 Å².